The molecule has 0 radical (unpaired) electrons. The van der Waals surface area contributed by atoms with Crippen LogP contribution in [-0.2, 0) is 19.1 Å². The molecule has 0 spiro atoms. The normalized spacial score (nSPS) is 15.3. The maximum Gasteiger partial charge on any atom is 0.434 e. The van der Waals surface area contributed by atoms with Gasteiger partial charge in [0.25, 0.3) is 0 Å². The Bertz CT molecular complexity index is 1470. The standard InChI is InChI=1S/C31H34F3N5/c1-18(2)23-8-6-7-9-24(23)29-37-27-20(5)10-15-25(27)28(38-29)35-16-21-11-13-22(14-12-21)30-36-26(31(32,33)34)17-39(30)19(3)4/h6-9,11-14,17-20H,10,15-16H2,1-5H3,(H,35,37,38). The number of anilines is 1. The van der Waals surface area contributed by atoms with E-state index in [0.29, 0.717) is 29.8 Å². The van der Waals surface area contributed by atoms with Crippen molar-refractivity contribution in [3.8, 4) is 22.8 Å². The molecule has 2 aromatic heterocycles. The van der Waals surface area contributed by atoms with E-state index >= 15 is 0 Å². The summed E-state index contributed by atoms with van der Waals surface area (Å²) >= 11 is 0. The lowest BCUT2D eigenvalue weighted by molar-refractivity contribution is -0.140. The summed E-state index contributed by atoms with van der Waals surface area (Å²) in [5, 5.41) is 3.53. The number of nitrogens with one attached hydrogen (secondary N) is 1. The van der Waals surface area contributed by atoms with Crippen molar-refractivity contribution in [2.45, 2.75) is 78.1 Å². The lowest BCUT2D eigenvalue weighted by Crippen LogP contribution is -2.09. The van der Waals surface area contributed by atoms with Gasteiger partial charge in [-0.3, -0.25) is 0 Å². The van der Waals surface area contributed by atoms with Crippen LogP contribution in [0.15, 0.2) is 54.7 Å². The molecule has 0 bridgehead atoms. The Kier molecular flexibility index (Phi) is 7.23. The van der Waals surface area contributed by atoms with Crippen molar-refractivity contribution in [2.24, 2.45) is 0 Å². The molecule has 204 valence electrons. The predicted molar refractivity (Wildman–Crippen MR) is 149 cm³/mol. The van der Waals surface area contributed by atoms with Gasteiger partial charge in [-0.05, 0) is 49.7 Å². The molecule has 5 rings (SSSR count). The summed E-state index contributed by atoms with van der Waals surface area (Å²) in [6.07, 6.45) is -1.42. The maximum absolute atomic E-state index is 13.3. The minimum Gasteiger partial charge on any atom is -0.366 e. The average Bonchev–Trinajstić information content (AvgIpc) is 3.52. The molecule has 8 heteroatoms. The number of benzene rings is 2. The van der Waals surface area contributed by atoms with Crippen LogP contribution in [0.2, 0.25) is 0 Å². The van der Waals surface area contributed by atoms with Crippen molar-refractivity contribution in [1.82, 2.24) is 19.5 Å². The molecule has 1 aliphatic rings. The second-order valence-electron chi connectivity index (χ2n) is 10.9. The number of halogens is 3. The van der Waals surface area contributed by atoms with Crippen LogP contribution in [0.25, 0.3) is 22.8 Å². The van der Waals surface area contributed by atoms with E-state index in [1.165, 1.54) is 11.1 Å². The second-order valence-corrected chi connectivity index (χ2v) is 10.9. The van der Waals surface area contributed by atoms with Gasteiger partial charge in [-0.25, -0.2) is 15.0 Å². The molecule has 39 heavy (non-hydrogen) atoms. The van der Waals surface area contributed by atoms with E-state index in [1.54, 1.807) is 4.57 Å². The highest BCUT2D eigenvalue weighted by Gasteiger charge is 2.35. The van der Waals surface area contributed by atoms with Crippen LogP contribution in [0.3, 0.4) is 0 Å². The van der Waals surface area contributed by atoms with Crippen LogP contribution in [0, 0.1) is 0 Å². The maximum atomic E-state index is 13.3. The Hall–Kier alpha value is -3.68. The van der Waals surface area contributed by atoms with Crippen molar-refractivity contribution in [2.75, 3.05) is 5.32 Å². The zero-order valence-corrected chi connectivity index (χ0v) is 23.0. The smallest absolute Gasteiger partial charge is 0.366 e. The fraction of sp³-hybridized carbons (Fsp3) is 0.387. The first-order chi connectivity index (χ1) is 18.5. The van der Waals surface area contributed by atoms with Gasteiger partial charge in [-0.1, -0.05) is 69.3 Å². The first kappa shape index (κ1) is 26.9. The lowest BCUT2D eigenvalue weighted by Gasteiger charge is -2.16. The molecule has 1 aliphatic carbocycles. The van der Waals surface area contributed by atoms with Crippen LogP contribution in [0.5, 0.6) is 0 Å². The van der Waals surface area contributed by atoms with Gasteiger partial charge < -0.3 is 9.88 Å². The molecule has 2 aromatic carbocycles. The zero-order valence-electron chi connectivity index (χ0n) is 23.0. The fourth-order valence-corrected chi connectivity index (χ4v) is 5.22. The average molecular weight is 534 g/mol. The van der Waals surface area contributed by atoms with Crippen molar-refractivity contribution in [3.05, 3.63) is 82.8 Å². The molecule has 0 aliphatic heterocycles. The molecule has 0 saturated heterocycles. The van der Waals surface area contributed by atoms with Crippen LogP contribution in [-0.4, -0.2) is 19.5 Å². The number of imidazole rings is 1. The quantitative estimate of drug-likeness (QED) is 0.259. The summed E-state index contributed by atoms with van der Waals surface area (Å²) in [5.74, 6) is 2.63. The minimum atomic E-state index is -4.48. The summed E-state index contributed by atoms with van der Waals surface area (Å²) in [7, 11) is 0. The van der Waals surface area contributed by atoms with E-state index in [2.05, 4.69) is 49.3 Å². The van der Waals surface area contributed by atoms with Gasteiger partial charge in [-0.2, -0.15) is 13.2 Å². The van der Waals surface area contributed by atoms with Crippen molar-refractivity contribution in [3.63, 3.8) is 0 Å². The first-order valence-electron chi connectivity index (χ1n) is 13.5. The molecule has 0 fully saturated rings. The highest BCUT2D eigenvalue weighted by Crippen LogP contribution is 2.38. The highest BCUT2D eigenvalue weighted by atomic mass is 19.4. The van der Waals surface area contributed by atoms with Gasteiger partial charge in [0.1, 0.15) is 11.6 Å². The molecule has 4 aromatic rings. The summed E-state index contributed by atoms with van der Waals surface area (Å²) in [6, 6.07) is 15.7. The Balaban J connectivity index is 1.42. The van der Waals surface area contributed by atoms with Gasteiger partial charge in [-0.15, -0.1) is 0 Å². The number of nitrogens with zero attached hydrogens (tertiary/aromatic N) is 4. The van der Waals surface area contributed by atoms with Crippen molar-refractivity contribution in [1.29, 1.82) is 0 Å². The second kappa shape index (κ2) is 10.5. The van der Waals surface area contributed by atoms with Crippen LogP contribution in [0.4, 0.5) is 19.0 Å². The van der Waals surface area contributed by atoms with Gasteiger partial charge >= 0.3 is 6.18 Å². The van der Waals surface area contributed by atoms with E-state index < -0.39 is 11.9 Å². The summed E-state index contributed by atoms with van der Waals surface area (Å²) in [5.41, 5.74) is 5.32. The van der Waals surface area contributed by atoms with E-state index in [0.717, 1.165) is 47.5 Å². The Labute approximate surface area is 227 Å². The molecule has 1 N–H and O–H groups in total. The zero-order chi connectivity index (χ0) is 27.9. The third-order valence-electron chi connectivity index (χ3n) is 7.41. The molecule has 2 heterocycles. The third-order valence-corrected chi connectivity index (χ3v) is 7.41. The molecule has 0 saturated carbocycles. The molecular formula is C31H34F3N5. The van der Waals surface area contributed by atoms with Crippen LogP contribution >= 0.6 is 0 Å². The summed E-state index contributed by atoms with van der Waals surface area (Å²) < 4.78 is 41.5. The lowest BCUT2D eigenvalue weighted by atomic mass is 9.96. The Morgan fingerprint density at radius 2 is 1.69 bits per heavy atom. The van der Waals surface area contributed by atoms with E-state index in [4.69, 9.17) is 9.97 Å². The summed E-state index contributed by atoms with van der Waals surface area (Å²) in [6.45, 7) is 10.8. The minimum absolute atomic E-state index is 0.151. The Morgan fingerprint density at radius 1 is 0.974 bits per heavy atom. The summed E-state index contributed by atoms with van der Waals surface area (Å²) in [4.78, 5) is 13.9. The number of hydrogen-bond acceptors (Lipinski definition) is 4. The number of alkyl halides is 3. The number of aromatic nitrogens is 4. The fourth-order valence-electron chi connectivity index (χ4n) is 5.22. The van der Waals surface area contributed by atoms with E-state index in [-0.39, 0.29) is 6.04 Å². The van der Waals surface area contributed by atoms with Crippen molar-refractivity contribution < 1.29 is 13.2 Å². The third kappa shape index (κ3) is 5.42. The number of rotatable bonds is 7. The van der Waals surface area contributed by atoms with Gasteiger partial charge in [0.2, 0.25) is 0 Å². The molecule has 5 nitrogen and oxygen atoms in total. The molecule has 1 unspecified atom stereocenters. The topological polar surface area (TPSA) is 55.6 Å². The molecular weight excluding hydrogens is 499 g/mol. The van der Waals surface area contributed by atoms with E-state index in [1.807, 2.05) is 44.2 Å². The number of hydrogen-bond donors (Lipinski definition) is 1. The van der Waals surface area contributed by atoms with Crippen molar-refractivity contribution >= 4 is 5.82 Å². The van der Waals surface area contributed by atoms with Gasteiger partial charge in [0.15, 0.2) is 11.5 Å². The molecule has 1 atom stereocenters. The van der Waals surface area contributed by atoms with Gasteiger partial charge in [0.05, 0.1) is 5.69 Å². The predicted octanol–water partition coefficient (Wildman–Crippen LogP) is 8.39. The number of fused-ring (bicyclic) bond motifs is 1. The highest BCUT2D eigenvalue weighted by molar-refractivity contribution is 5.65. The van der Waals surface area contributed by atoms with Crippen LogP contribution < -0.4 is 5.32 Å². The SMILES string of the molecule is CC(C)c1ccccc1-c1nc(NCc2ccc(-c3nc(C(F)(F)F)cn3C(C)C)cc2)c2c(n1)C(C)CC2. The van der Waals surface area contributed by atoms with Crippen LogP contribution in [0.1, 0.15) is 87.0 Å². The molecule has 0 amide bonds. The Morgan fingerprint density at radius 3 is 2.36 bits per heavy atom. The largest absolute Gasteiger partial charge is 0.434 e. The van der Waals surface area contributed by atoms with E-state index in [9.17, 15) is 13.2 Å². The monoisotopic (exact) mass is 533 g/mol. The van der Waals surface area contributed by atoms with Gasteiger partial charge in [0, 0.05) is 35.5 Å². The first-order valence-corrected chi connectivity index (χ1v) is 13.5.